The molecule has 0 bridgehead atoms. The Balaban J connectivity index is 2.95. The van der Waals surface area contributed by atoms with Gasteiger partial charge in [0.1, 0.15) is 0 Å². The summed E-state index contributed by atoms with van der Waals surface area (Å²) < 4.78 is 5.25. The monoisotopic (exact) mass is 130 g/mol. The summed E-state index contributed by atoms with van der Waals surface area (Å²) in [5.41, 5.74) is 0. The van der Waals surface area contributed by atoms with Crippen molar-refractivity contribution in [2.24, 2.45) is 5.92 Å². The molecule has 1 heteroatoms. The minimum absolute atomic E-state index is 0.745. The smallest absolute Gasteiger partial charge is 0.0491 e. The van der Waals surface area contributed by atoms with Crippen molar-refractivity contribution in [3.8, 4) is 0 Å². The van der Waals surface area contributed by atoms with Gasteiger partial charge in [0, 0.05) is 13.2 Å². The molecule has 0 spiro atoms. The van der Waals surface area contributed by atoms with Crippen LogP contribution in [-0.4, -0.2) is 13.2 Å². The predicted molar refractivity (Wildman–Crippen MR) is 40.6 cm³/mol. The largest absolute Gasteiger partial charge is 0.381 e. The second-order valence-electron chi connectivity index (χ2n) is 2.55. The minimum atomic E-state index is 0.745. The Morgan fingerprint density at radius 2 is 2.00 bits per heavy atom. The van der Waals surface area contributed by atoms with Crippen LogP contribution in [0.3, 0.4) is 0 Å². The maximum Gasteiger partial charge on any atom is 0.0491 e. The molecule has 0 radical (unpaired) electrons. The molecule has 0 unspecified atom stereocenters. The van der Waals surface area contributed by atoms with E-state index in [0.717, 1.165) is 19.1 Å². The number of rotatable bonds is 5. The lowest BCUT2D eigenvalue weighted by Crippen LogP contribution is -2.04. The Bertz CT molecular complexity index is 52.5. The van der Waals surface area contributed by atoms with Gasteiger partial charge in [-0.3, -0.25) is 0 Å². The Morgan fingerprint density at radius 1 is 1.33 bits per heavy atom. The third kappa shape index (κ3) is 5.84. The van der Waals surface area contributed by atoms with Crippen molar-refractivity contribution in [1.29, 1.82) is 0 Å². The zero-order valence-electron chi connectivity index (χ0n) is 6.81. The van der Waals surface area contributed by atoms with Crippen LogP contribution in [0.1, 0.15) is 33.6 Å². The van der Waals surface area contributed by atoms with Crippen molar-refractivity contribution in [3.05, 3.63) is 0 Å². The number of hydrogen-bond acceptors (Lipinski definition) is 1. The Kier molecular flexibility index (Phi) is 6.06. The molecular weight excluding hydrogens is 112 g/mol. The quantitative estimate of drug-likeness (QED) is 0.555. The first kappa shape index (κ1) is 8.96. The summed E-state index contributed by atoms with van der Waals surface area (Å²) in [4.78, 5) is 0. The van der Waals surface area contributed by atoms with Gasteiger partial charge in [-0.1, -0.05) is 20.3 Å². The molecule has 0 saturated heterocycles. The molecule has 0 aromatic rings. The third-order valence-corrected chi connectivity index (χ3v) is 1.39. The second kappa shape index (κ2) is 6.09. The summed E-state index contributed by atoms with van der Waals surface area (Å²) in [6.45, 7) is 8.28. The van der Waals surface area contributed by atoms with Crippen LogP contribution in [-0.2, 0) is 4.74 Å². The fourth-order valence-corrected chi connectivity index (χ4v) is 0.895. The molecule has 0 amide bonds. The molecule has 0 saturated carbocycles. The van der Waals surface area contributed by atoms with E-state index in [1.807, 2.05) is 6.92 Å². The lowest BCUT2D eigenvalue weighted by Gasteiger charge is -2.08. The van der Waals surface area contributed by atoms with Gasteiger partial charge < -0.3 is 4.74 Å². The first-order chi connectivity index (χ1) is 4.31. The van der Waals surface area contributed by atoms with Crippen LogP contribution in [0.4, 0.5) is 0 Å². The molecule has 56 valence electrons. The first-order valence-corrected chi connectivity index (χ1v) is 3.89. The summed E-state index contributed by atoms with van der Waals surface area (Å²) in [7, 11) is 0. The zero-order valence-corrected chi connectivity index (χ0v) is 6.81. The minimum Gasteiger partial charge on any atom is -0.381 e. The Labute approximate surface area is 58.4 Å². The summed E-state index contributed by atoms with van der Waals surface area (Å²) in [5.74, 6) is 0.745. The lowest BCUT2D eigenvalue weighted by molar-refractivity contribution is 0.113. The average Bonchev–Trinajstić information content (AvgIpc) is 1.85. The van der Waals surface area contributed by atoms with Gasteiger partial charge in [0.05, 0.1) is 0 Å². The van der Waals surface area contributed by atoms with E-state index in [4.69, 9.17) is 4.74 Å². The summed E-state index contributed by atoms with van der Waals surface area (Å²) in [6.07, 6.45) is 2.56. The first-order valence-electron chi connectivity index (χ1n) is 3.89. The van der Waals surface area contributed by atoms with Crippen molar-refractivity contribution in [2.45, 2.75) is 33.6 Å². The van der Waals surface area contributed by atoms with Crippen LogP contribution in [0.25, 0.3) is 0 Å². The molecule has 1 atom stereocenters. The molecule has 0 aromatic carbocycles. The maximum atomic E-state index is 5.25. The van der Waals surface area contributed by atoms with Gasteiger partial charge in [0.25, 0.3) is 0 Å². The van der Waals surface area contributed by atoms with E-state index in [9.17, 15) is 0 Å². The summed E-state index contributed by atoms with van der Waals surface area (Å²) in [6, 6.07) is 0. The van der Waals surface area contributed by atoms with Crippen LogP contribution in [0.15, 0.2) is 0 Å². The second-order valence-corrected chi connectivity index (χ2v) is 2.55. The van der Waals surface area contributed by atoms with Crippen molar-refractivity contribution in [2.75, 3.05) is 13.2 Å². The van der Waals surface area contributed by atoms with E-state index in [2.05, 4.69) is 13.8 Å². The van der Waals surface area contributed by atoms with E-state index in [1.165, 1.54) is 12.8 Å². The number of hydrogen-bond donors (Lipinski definition) is 0. The van der Waals surface area contributed by atoms with Gasteiger partial charge in [-0.15, -0.1) is 0 Å². The highest BCUT2D eigenvalue weighted by atomic mass is 16.5. The number of ether oxygens (including phenoxy) is 1. The van der Waals surface area contributed by atoms with E-state index in [0.29, 0.717) is 0 Å². The van der Waals surface area contributed by atoms with Gasteiger partial charge >= 0.3 is 0 Å². The molecule has 9 heavy (non-hydrogen) atoms. The van der Waals surface area contributed by atoms with E-state index in [-0.39, 0.29) is 0 Å². The molecule has 1 nitrogen and oxygen atoms in total. The molecule has 0 heterocycles. The van der Waals surface area contributed by atoms with Gasteiger partial charge in [-0.05, 0) is 19.3 Å². The SMILES string of the molecule is CCC[C@H](C)COCC. The maximum absolute atomic E-state index is 5.25. The highest BCUT2D eigenvalue weighted by Gasteiger charge is 1.97. The van der Waals surface area contributed by atoms with Crippen LogP contribution in [0.5, 0.6) is 0 Å². The normalized spacial score (nSPS) is 13.7. The van der Waals surface area contributed by atoms with E-state index < -0.39 is 0 Å². The Morgan fingerprint density at radius 3 is 2.44 bits per heavy atom. The van der Waals surface area contributed by atoms with Gasteiger partial charge in [-0.2, -0.15) is 0 Å². The van der Waals surface area contributed by atoms with Crippen LogP contribution < -0.4 is 0 Å². The Hall–Kier alpha value is -0.0400. The molecule has 0 aliphatic heterocycles. The highest BCUT2D eigenvalue weighted by Crippen LogP contribution is 2.04. The standard InChI is InChI=1S/C8H18O/c1-4-6-8(3)7-9-5-2/h8H,4-7H2,1-3H3/t8-/m0/s1. The van der Waals surface area contributed by atoms with Crippen molar-refractivity contribution < 1.29 is 4.74 Å². The molecule has 0 aliphatic carbocycles. The fourth-order valence-electron chi connectivity index (χ4n) is 0.895. The van der Waals surface area contributed by atoms with Crippen LogP contribution >= 0.6 is 0 Å². The third-order valence-electron chi connectivity index (χ3n) is 1.39. The average molecular weight is 130 g/mol. The lowest BCUT2D eigenvalue weighted by atomic mass is 10.1. The topological polar surface area (TPSA) is 9.23 Å². The fraction of sp³-hybridized carbons (Fsp3) is 1.00. The zero-order chi connectivity index (χ0) is 7.11. The molecule has 0 fully saturated rings. The molecule has 0 rings (SSSR count). The molecular formula is C8H18O. The van der Waals surface area contributed by atoms with Crippen LogP contribution in [0, 0.1) is 5.92 Å². The molecule has 0 aromatic heterocycles. The van der Waals surface area contributed by atoms with Crippen molar-refractivity contribution in [3.63, 3.8) is 0 Å². The molecule has 0 N–H and O–H groups in total. The van der Waals surface area contributed by atoms with Crippen molar-refractivity contribution >= 4 is 0 Å². The highest BCUT2D eigenvalue weighted by molar-refractivity contribution is 4.48. The van der Waals surface area contributed by atoms with Gasteiger partial charge in [0.15, 0.2) is 0 Å². The van der Waals surface area contributed by atoms with Crippen LogP contribution in [0.2, 0.25) is 0 Å². The van der Waals surface area contributed by atoms with E-state index in [1.54, 1.807) is 0 Å². The predicted octanol–water partition coefficient (Wildman–Crippen LogP) is 2.46. The molecule has 0 aliphatic rings. The van der Waals surface area contributed by atoms with Crippen molar-refractivity contribution in [1.82, 2.24) is 0 Å². The van der Waals surface area contributed by atoms with Gasteiger partial charge in [-0.25, -0.2) is 0 Å². The summed E-state index contributed by atoms with van der Waals surface area (Å²) >= 11 is 0. The van der Waals surface area contributed by atoms with E-state index >= 15 is 0 Å². The summed E-state index contributed by atoms with van der Waals surface area (Å²) in [5, 5.41) is 0. The van der Waals surface area contributed by atoms with Gasteiger partial charge in [0.2, 0.25) is 0 Å².